The standard InChI is InChI=1S/C20H23N5O/c1-13-16-7-9-25(15-4-3-8-24(2)12-15)20(16)23-22-19(13)17-6-5-14(11-21)10-18(17)26/h5-6,10,15,26H,3-4,7-9,12H2,1-2H3. The second-order valence-corrected chi connectivity index (χ2v) is 7.32. The summed E-state index contributed by atoms with van der Waals surface area (Å²) >= 11 is 0. The van der Waals surface area contributed by atoms with Crippen LogP contribution in [-0.2, 0) is 6.42 Å². The SMILES string of the molecule is Cc1c(-c2ccc(C#N)cc2O)nnc2c1CCN2C1CCCN(C)C1. The van der Waals surface area contributed by atoms with Gasteiger partial charge in [0, 0.05) is 30.3 Å². The van der Waals surface area contributed by atoms with Gasteiger partial charge in [0.1, 0.15) is 5.75 Å². The number of aromatic nitrogens is 2. The van der Waals surface area contributed by atoms with Crippen molar-refractivity contribution in [3.8, 4) is 23.1 Å². The molecule has 134 valence electrons. The van der Waals surface area contributed by atoms with Crippen molar-refractivity contribution >= 4 is 5.82 Å². The first-order chi connectivity index (χ1) is 12.6. The van der Waals surface area contributed by atoms with E-state index in [0.29, 0.717) is 22.9 Å². The van der Waals surface area contributed by atoms with Gasteiger partial charge in [-0.25, -0.2) is 0 Å². The van der Waals surface area contributed by atoms with E-state index in [-0.39, 0.29) is 5.75 Å². The number of aromatic hydroxyl groups is 1. The average Bonchev–Trinajstić information content (AvgIpc) is 3.07. The number of benzene rings is 1. The first-order valence-electron chi connectivity index (χ1n) is 9.13. The highest BCUT2D eigenvalue weighted by atomic mass is 16.3. The number of likely N-dealkylation sites (N-methyl/N-ethyl adjacent to an activating group) is 1. The molecule has 2 aliphatic rings. The molecule has 1 unspecified atom stereocenters. The lowest BCUT2D eigenvalue weighted by Gasteiger charge is -2.36. The zero-order valence-electron chi connectivity index (χ0n) is 15.2. The Morgan fingerprint density at radius 3 is 2.85 bits per heavy atom. The van der Waals surface area contributed by atoms with Crippen LogP contribution in [0.2, 0.25) is 0 Å². The summed E-state index contributed by atoms with van der Waals surface area (Å²) in [5, 5.41) is 28.3. The van der Waals surface area contributed by atoms with Gasteiger partial charge in [-0.05, 0) is 63.5 Å². The van der Waals surface area contributed by atoms with Crippen LogP contribution in [0.5, 0.6) is 5.75 Å². The number of anilines is 1. The Bertz CT molecular complexity index is 889. The molecule has 2 aliphatic heterocycles. The maximum Gasteiger partial charge on any atom is 0.155 e. The van der Waals surface area contributed by atoms with Gasteiger partial charge >= 0.3 is 0 Å². The van der Waals surface area contributed by atoms with Crippen molar-refractivity contribution in [3.63, 3.8) is 0 Å². The van der Waals surface area contributed by atoms with Gasteiger partial charge in [-0.1, -0.05) is 0 Å². The number of nitriles is 1. The summed E-state index contributed by atoms with van der Waals surface area (Å²) in [6.45, 7) is 5.26. The Balaban J connectivity index is 1.69. The third-order valence-corrected chi connectivity index (χ3v) is 5.62. The third kappa shape index (κ3) is 2.78. The number of rotatable bonds is 2. The minimum absolute atomic E-state index is 0.0742. The molecule has 0 aliphatic carbocycles. The van der Waals surface area contributed by atoms with E-state index in [9.17, 15) is 5.11 Å². The monoisotopic (exact) mass is 349 g/mol. The Labute approximate surface area is 153 Å². The number of likely N-dealkylation sites (tertiary alicyclic amines) is 1. The van der Waals surface area contributed by atoms with E-state index in [1.807, 2.05) is 6.07 Å². The molecule has 1 atom stereocenters. The molecule has 26 heavy (non-hydrogen) atoms. The fourth-order valence-electron chi connectivity index (χ4n) is 4.22. The second kappa shape index (κ2) is 6.58. The molecule has 1 fully saturated rings. The topological polar surface area (TPSA) is 76.3 Å². The summed E-state index contributed by atoms with van der Waals surface area (Å²) in [7, 11) is 2.18. The van der Waals surface area contributed by atoms with E-state index < -0.39 is 0 Å². The van der Waals surface area contributed by atoms with Crippen LogP contribution in [0.1, 0.15) is 29.5 Å². The molecule has 1 aromatic heterocycles. The number of phenols is 1. The van der Waals surface area contributed by atoms with Crippen LogP contribution in [0.3, 0.4) is 0 Å². The quantitative estimate of drug-likeness (QED) is 0.898. The Morgan fingerprint density at radius 1 is 1.27 bits per heavy atom. The molecule has 4 rings (SSSR count). The van der Waals surface area contributed by atoms with Gasteiger partial charge in [-0.3, -0.25) is 0 Å². The largest absolute Gasteiger partial charge is 0.507 e. The number of hydrogen-bond acceptors (Lipinski definition) is 6. The fourth-order valence-corrected chi connectivity index (χ4v) is 4.22. The molecule has 1 N–H and O–H groups in total. The first-order valence-corrected chi connectivity index (χ1v) is 9.13. The summed E-state index contributed by atoms with van der Waals surface area (Å²) in [6, 6.07) is 7.47. The van der Waals surface area contributed by atoms with E-state index >= 15 is 0 Å². The van der Waals surface area contributed by atoms with Gasteiger partial charge in [0.2, 0.25) is 0 Å². The van der Waals surface area contributed by atoms with Crippen LogP contribution in [0.4, 0.5) is 5.82 Å². The lowest BCUT2D eigenvalue weighted by Crippen LogP contribution is -2.46. The predicted molar refractivity (Wildman–Crippen MR) is 100 cm³/mol. The average molecular weight is 349 g/mol. The van der Waals surface area contributed by atoms with Crippen LogP contribution in [0, 0.1) is 18.3 Å². The van der Waals surface area contributed by atoms with E-state index in [4.69, 9.17) is 5.26 Å². The van der Waals surface area contributed by atoms with Crippen molar-refractivity contribution in [2.24, 2.45) is 0 Å². The fraction of sp³-hybridized carbons (Fsp3) is 0.450. The van der Waals surface area contributed by atoms with Gasteiger partial charge in [0.15, 0.2) is 5.82 Å². The molecule has 0 amide bonds. The van der Waals surface area contributed by atoms with Crippen LogP contribution >= 0.6 is 0 Å². The van der Waals surface area contributed by atoms with Crippen molar-refractivity contribution in [2.75, 3.05) is 31.6 Å². The highest BCUT2D eigenvalue weighted by Crippen LogP contribution is 2.37. The number of piperidine rings is 1. The van der Waals surface area contributed by atoms with Crippen molar-refractivity contribution in [1.82, 2.24) is 15.1 Å². The van der Waals surface area contributed by atoms with Gasteiger partial charge < -0.3 is 14.9 Å². The normalized spacial score (nSPS) is 20.0. The number of fused-ring (bicyclic) bond motifs is 1. The number of phenolic OH excluding ortho intramolecular Hbond substituents is 1. The molecular weight excluding hydrogens is 326 g/mol. The Hall–Kier alpha value is -2.65. The van der Waals surface area contributed by atoms with Gasteiger partial charge in [-0.15, -0.1) is 10.2 Å². The lowest BCUT2D eigenvalue weighted by molar-refractivity contribution is 0.245. The van der Waals surface area contributed by atoms with E-state index in [1.54, 1.807) is 12.1 Å². The van der Waals surface area contributed by atoms with Gasteiger partial charge in [0.25, 0.3) is 0 Å². The summed E-state index contributed by atoms with van der Waals surface area (Å²) in [4.78, 5) is 4.79. The molecular formula is C20H23N5O. The van der Waals surface area contributed by atoms with Crippen molar-refractivity contribution < 1.29 is 5.11 Å². The van der Waals surface area contributed by atoms with Crippen LogP contribution < -0.4 is 4.90 Å². The minimum Gasteiger partial charge on any atom is -0.507 e. The van der Waals surface area contributed by atoms with Crippen molar-refractivity contribution in [1.29, 1.82) is 5.26 Å². The molecule has 3 heterocycles. The molecule has 1 aromatic carbocycles. The van der Waals surface area contributed by atoms with Crippen LogP contribution in [-0.4, -0.2) is 52.9 Å². The third-order valence-electron chi connectivity index (χ3n) is 5.62. The maximum absolute atomic E-state index is 10.3. The van der Waals surface area contributed by atoms with Gasteiger partial charge in [-0.2, -0.15) is 5.26 Å². The zero-order valence-corrected chi connectivity index (χ0v) is 15.2. The molecule has 0 spiro atoms. The summed E-state index contributed by atoms with van der Waals surface area (Å²) in [6.07, 6.45) is 3.38. The number of nitrogens with zero attached hydrogens (tertiary/aromatic N) is 5. The molecule has 0 saturated carbocycles. The maximum atomic E-state index is 10.3. The van der Waals surface area contributed by atoms with Crippen LogP contribution in [0.15, 0.2) is 18.2 Å². The predicted octanol–water partition coefficient (Wildman–Crippen LogP) is 2.49. The molecule has 1 saturated heterocycles. The smallest absolute Gasteiger partial charge is 0.155 e. The second-order valence-electron chi connectivity index (χ2n) is 7.32. The molecule has 0 bridgehead atoms. The van der Waals surface area contributed by atoms with Crippen LogP contribution in [0.25, 0.3) is 11.3 Å². The molecule has 0 radical (unpaired) electrons. The van der Waals surface area contributed by atoms with E-state index in [1.165, 1.54) is 31.0 Å². The Morgan fingerprint density at radius 2 is 2.12 bits per heavy atom. The van der Waals surface area contributed by atoms with Gasteiger partial charge in [0.05, 0.1) is 17.3 Å². The molecule has 6 nitrogen and oxygen atoms in total. The number of hydrogen-bond donors (Lipinski definition) is 1. The first kappa shape index (κ1) is 16.8. The summed E-state index contributed by atoms with van der Waals surface area (Å²) in [5.74, 6) is 1.07. The van der Waals surface area contributed by atoms with Crippen molar-refractivity contribution in [2.45, 2.75) is 32.2 Å². The highest BCUT2D eigenvalue weighted by Gasteiger charge is 2.32. The summed E-state index contributed by atoms with van der Waals surface area (Å²) < 4.78 is 0. The van der Waals surface area contributed by atoms with E-state index in [0.717, 1.165) is 30.9 Å². The lowest BCUT2D eigenvalue weighted by atomic mass is 10.0. The highest BCUT2D eigenvalue weighted by molar-refractivity contribution is 5.73. The molecule has 6 heteroatoms. The van der Waals surface area contributed by atoms with E-state index in [2.05, 4.69) is 34.0 Å². The zero-order chi connectivity index (χ0) is 18.3. The van der Waals surface area contributed by atoms with Crippen molar-refractivity contribution in [3.05, 3.63) is 34.9 Å². The minimum atomic E-state index is 0.0742. The molecule has 2 aromatic rings. The Kier molecular flexibility index (Phi) is 4.25. The summed E-state index contributed by atoms with van der Waals surface area (Å²) in [5.41, 5.74) is 4.07.